The van der Waals surface area contributed by atoms with Gasteiger partial charge in [-0.15, -0.1) is 24.8 Å². The first-order valence-corrected chi connectivity index (χ1v) is 13.5. The van der Waals surface area contributed by atoms with Crippen LogP contribution < -0.4 is 0 Å². The number of aromatic amines is 1. The molecule has 37 heavy (non-hydrogen) atoms. The molecule has 1 aliphatic rings. The van der Waals surface area contributed by atoms with Crippen LogP contribution >= 0.6 is 24.8 Å². The quantitative estimate of drug-likeness (QED) is 0.229. The first-order valence-electron chi connectivity index (χ1n) is 13.5. The van der Waals surface area contributed by atoms with Gasteiger partial charge in [0.1, 0.15) is 11.6 Å². The summed E-state index contributed by atoms with van der Waals surface area (Å²) in [5, 5.41) is 11.6. The summed E-state index contributed by atoms with van der Waals surface area (Å²) in [4.78, 5) is 10.5. The smallest absolute Gasteiger partial charge is 0.123 e. The van der Waals surface area contributed by atoms with Crippen molar-refractivity contribution < 1.29 is 9.50 Å². The van der Waals surface area contributed by atoms with E-state index in [9.17, 15) is 9.50 Å². The maximum atomic E-state index is 13.7. The molecular formula is C30H44Cl2FN3O. The van der Waals surface area contributed by atoms with E-state index in [1.54, 1.807) is 12.1 Å². The van der Waals surface area contributed by atoms with Crippen LogP contribution in [-0.4, -0.2) is 45.7 Å². The summed E-state index contributed by atoms with van der Waals surface area (Å²) in [7, 11) is 2.17. The Morgan fingerprint density at radius 1 is 1.05 bits per heavy atom. The van der Waals surface area contributed by atoms with E-state index in [0.717, 1.165) is 60.3 Å². The van der Waals surface area contributed by atoms with Gasteiger partial charge in [0.05, 0.1) is 16.6 Å². The second kappa shape index (κ2) is 14.5. The highest BCUT2D eigenvalue weighted by atomic mass is 35.5. The van der Waals surface area contributed by atoms with Crippen LogP contribution in [0.3, 0.4) is 0 Å². The third-order valence-electron chi connectivity index (χ3n) is 7.83. The van der Waals surface area contributed by atoms with Gasteiger partial charge in [0, 0.05) is 18.9 Å². The van der Waals surface area contributed by atoms with Crippen LogP contribution in [0, 0.1) is 11.7 Å². The number of fused-ring (bicyclic) bond motifs is 2. The highest BCUT2D eigenvalue weighted by Crippen LogP contribution is 2.45. The van der Waals surface area contributed by atoms with E-state index in [-0.39, 0.29) is 36.5 Å². The second-order valence-corrected chi connectivity index (χ2v) is 10.9. The molecule has 4 nitrogen and oxygen atoms in total. The lowest BCUT2D eigenvalue weighted by molar-refractivity contribution is -0.0301. The van der Waals surface area contributed by atoms with Gasteiger partial charge in [-0.3, -0.25) is 0 Å². The Labute approximate surface area is 234 Å². The van der Waals surface area contributed by atoms with Crippen LogP contribution in [0.4, 0.5) is 4.39 Å². The van der Waals surface area contributed by atoms with Gasteiger partial charge >= 0.3 is 0 Å². The molecular weight excluding hydrogens is 508 g/mol. The fourth-order valence-corrected chi connectivity index (χ4v) is 5.98. The molecule has 206 valence electrons. The number of para-hydroxylation sites is 2. The normalized spacial score (nSPS) is 19.1. The molecule has 7 heteroatoms. The molecule has 0 amide bonds. The van der Waals surface area contributed by atoms with Crippen molar-refractivity contribution in [2.45, 2.75) is 83.2 Å². The highest BCUT2D eigenvalue weighted by molar-refractivity contribution is 5.85. The molecule has 1 heterocycles. The summed E-state index contributed by atoms with van der Waals surface area (Å²) in [5.74, 6) is 1.30. The van der Waals surface area contributed by atoms with E-state index in [2.05, 4.69) is 47.9 Å². The minimum absolute atomic E-state index is 0. The molecule has 0 aliphatic heterocycles. The van der Waals surface area contributed by atoms with E-state index in [4.69, 9.17) is 0 Å². The molecule has 0 bridgehead atoms. The Morgan fingerprint density at radius 3 is 2.54 bits per heavy atom. The lowest BCUT2D eigenvalue weighted by Crippen LogP contribution is -2.45. The number of aliphatic hydroxyl groups is 1. The Kier molecular flexibility index (Phi) is 12.4. The number of unbranched alkanes of at least 4 members (excludes halogenated alkanes) is 4. The fraction of sp³-hybridized carbons (Fsp3) is 0.567. The number of hydrogen-bond donors (Lipinski definition) is 2. The molecule has 0 unspecified atom stereocenters. The Bertz CT molecular complexity index is 1070. The Balaban J connectivity index is 0.00000241. The van der Waals surface area contributed by atoms with Gasteiger partial charge in [0.2, 0.25) is 0 Å². The predicted molar refractivity (Wildman–Crippen MR) is 157 cm³/mol. The number of aromatic nitrogens is 2. The summed E-state index contributed by atoms with van der Waals surface area (Å²) in [6.07, 6.45) is 9.33. The lowest BCUT2D eigenvalue weighted by atomic mass is 9.66. The van der Waals surface area contributed by atoms with E-state index in [1.165, 1.54) is 32.1 Å². The molecule has 0 radical (unpaired) electrons. The Hall–Kier alpha value is -1.66. The zero-order valence-electron chi connectivity index (χ0n) is 22.5. The maximum absolute atomic E-state index is 13.7. The molecule has 0 saturated carbocycles. The van der Waals surface area contributed by atoms with Crippen LogP contribution in [0.1, 0.15) is 81.7 Å². The van der Waals surface area contributed by atoms with E-state index < -0.39 is 5.60 Å². The maximum Gasteiger partial charge on any atom is 0.123 e. The van der Waals surface area contributed by atoms with E-state index in [0.29, 0.717) is 12.3 Å². The molecule has 0 fully saturated rings. The van der Waals surface area contributed by atoms with Crippen molar-refractivity contribution >= 4 is 35.8 Å². The van der Waals surface area contributed by atoms with Crippen molar-refractivity contribution in [3.63, 3.8) is 0 Å². The number of rotatable bonds is 12. The highest BCUT2D eigenvalue weighted by Gasteiger charge is 2.43. The summed E-state index contributed by atoms with van der Waals surface area (Å²) < 4.78 is 13.7. The molecule has 2 N–H and O–H groups in total. The van der Waals surface area contributed by atoms with Crippen molar-refractivity contribution in [1.82, 2.24) is 14.9 Å². The standard InChI is InChI=1S/C30H42FN3O.2ClH/c1-22(2)29-25-15-14-24(31)21-23(25)16-17-30(29,35)18-20-34(3)19-10-6-4-5-7-13-28-32-26-11-8-9-12-27(26)33-28;;/h8-9,11-12,14-15,21-22,29,35H,4-7,10,13,16-20H2,1-3H3,(H,32,33);2*1H/t29-,30-;;/m0../s1. The lowest BCUT2D eigenvalue weighted by Gasteiger charge is -2.44. The van der Waals surface area contributed by atoms with Crippen molar-refractivity contribution in [1.29, 1.82) is 0 Å². The SMILES string of the molecule is CC(C)[C@H]1c2ccc(F)cc2CC[C@]1(O)CCN(C)CCCCCCCc1nc2ccccc2[nH]1.Cl.Cl. The monoisotopic (exact) mass is 551 g/mol. The third-order valence-corrected chi connectivity index (χ3v) is 7.83. The number of benzene rings is 2. The van der Waals surface area contributed by atoms with Gasteiger partial charge in [0.15, 0.2) is 0 Å². The van der Waals surface area contributed by atoms with Crippen LogP contribution in [0.2, 0.25) is 0 Å². The van der Waals surface area contributed by atoms with Gasteiger partial charge in [-0.1, -0.05) is 51.3 Å². The van der Waals surface area contributed by atoms with E-state index in [1.807, 2.05) is 18.2 Å². The first kappa shape index (κ1) is 31.6. The molecule has 0 saturated heterocycles. The fourth-order valence-electron chi connectivity index (χ4n) is 5.98. The van der Waals surface area contributed by atoms with Crippen LogP contribution in [0.15, 0.2) is 42.5 Å². The zero-order chi connectivity index (χ0) is 24.8. The van der Waals surface area contributed by atoms with E-state index >= 15 is 0 Å². The number of imidazole rings is 1. The second-order valence-electron chi connectivity index (χ2n) is 10.9. The molecule has 0 spiro atoms. The Morgan fingerprint density at radius 2 is 1.78 bits per heavy atom. The molecule has 3 aromatic rings. The molecule has 2 atom stereocenters. The van der Waals surface area contributed by atoms with Crippen LogP contribution in [0.25, 0.3) is 11.0 Å². The van der Waals surface area contributed by atoms with Gasteiger partial charge in [-0.05, 0) is 87.0 Å². The first-order chi connectivity index (χ1) is 16.9. The minimum Gasteiger partial charge on any atom is -0.389 e. The van der Waals surface area contributed by atoms with Crippen LogP contribution in [-0.2, 0) is 12.8 Å². The summed E-state index contributed by atoms with van der Waals surface area (Å²) in [6.45, 7) is 6.30. The zero-order valence-corrected chi connectivity index (χ0v) is 24.1. The molecule has 2 aromatic carbocycles. The van der Waals surface area contributed by atoms with Gasteiger partial charge in [-0.2, -0.15) is 0 Å². The third kappa shape index (κ3) is 8.16. The number of nitrogens with one attached hydrogen (secondary N) is 1. The number of halogens is 3. The average molecular weight is 553 g/mol. The van der Waals surface area contributed by atoms with Gasteiger partial charge < -0.3 is 15.0 Å². The van der Waals surface area contributed by atoms with Crippen molar-refractivity contribution in [3.8, 4) is 0 Å². The topological polar surface area (TPSA) is 52.1 Å². The number of hydrogen-bond acceptors (Lipinski definition) is 3. The number of aryl methyl sites for hydroxylation is 2. The van der Waals surface area contributed by atoms with Crippen molar-refractivity contribution in [2.75, 3.05) is 20.1 Å². The predicted octanol–water partition coefficient (Wildman–Crippen LogP) is 7.48. The van der Waals surface area contributed by atoms with Gasteiger partial charge in [-0.25, -0.2) is 9.37 Å². The molecule has 4 rings (SSSR count). The molecule has 1 aromatic heterocycles. The summed E-state index contributed by atoms with van der Waals surface area (Å²) in [5.41, 5.74) is 3.68. The number of nitrogens with zero attached hydrogens (tertiary/aromatic N) is 2. The minimum atomic E-state index is -0.718. The van der Waals surface area contributed by atoms with Crippen molar-refractivity contribution in [2.24, 2.45) is 5.92 Å². The average Bonchev–Trinajstić information content (AvgIpc) is 3.25. The molecule has 1 aliphatic carbocycles. The van der Waals surface area contributed by atoms with Crippen molar-refractivity contribution in [3.05, 3.63) is 65.2 Å². The van der Waals surface area contributed by atoms with Crippen LogP contribution in [0.5, 0.6) is 0 Å². The summed E-state index contributed by atoms with van der Waals surface area (Å²) >= 11 is 0. The van der Waals surface area contributed by atoms with Gasteiger partial charge in [0.25, 0.3) is 0 Å². The largest absolute Gasteiger partial charge is 0.389 e. The summed E-state index contributed by atoms with van der Waals surface area (Å²) in [6, 6.07) is 13.3. The number of H-pyrrole nitrogens is 1.